The Balaban J connectivity index is 3.32. The number of hydrogen-bond donors (Lipinski definition) is 3. The zero-order valence-electron chi connectivity index (χ0n) is 7.59. The van der Waals surface area contributed by atoms with E-state index in [9.17, 15) is 4.79 Å². The van der Waals surface area contributed by atoms with Gasteiger partial charge >= 0.3 is 6.03 Å². The van der Waals surface area contributed by atoms with Crippen molar-refractivity contribution < 1.29 is 4.79 Å². The van der Waals surface area contributed by atoms with E-state index < -0.39 is 0 Å². The molecule has 0 saturated carbocycles. The summed E-state index contributed by atoms with van der Waals surface area (Å²) in [4.78, 5) is 10.7. The Morgan fingerprint density at radius 1 is 1.67 bits per heavy atom. The van der Waals surface area contributed by atoms with Crippen molar-refractivity contribution in [1.82, 2.24) is 10.7 Å². The lowest BCUT2D eigenvalue weighted by atomic mass is 10.3. The van der Waals surface area contributed by atoms with Crippen LogP contribution in [-0.4, -0.2) is 23.6 Å². The van der Waals surface area contributed by atoms with Crippen molar-refractivity contribution in [2.75, 3.05) is 11.5 Å². The summed E-state index contributed by atoms with van der Waals surface area (Å²) in [5, 5.41) is 2.70. The Morgan fingerprint density at radius 3 is 2.83 bits per heavy atom. The molecule has 0 aliphatic carbocycles. The van der Waals surface area contributed by atoms with Crippen molar-refractivity contribution in [3.05, 3.63) is 0 Å². The number of rotatable bonds is 5. The summed E-state index contributed by atoms with van der Waals surface area (Å²) < 4.78 is 0. The smallest absolute Gasteiger partial charge is 0.329 e. The minimum Gasteiger partial charge on any atom is -0.335 e. The molecule has 1 unspecified atom stereocenters. The third-order valence-corrected chi connectivity index (χ3v) is 2.34. The van der Waals surface area contributed by atoms with Crippen molar-refractivity contribution in [1.29, 1.82) is 0 Å². The molecule has 12 heavy (non-hydrogen) atoms. The van der Waals surface area contributed by atoms with Crippen molar-refractivity contribution in [3.63, 3.8) is 0 Å². The van der Waals surface area contributed by atoms with Gasteiger partial charge in [-0.3, -0.25) is 5.43 Å². The highest BCUT2D eigenvalue weighted by molar-refractivity contribution is 7.99. The average molecular weight is 191 g/mol. The van der Waals surface area contributed by atoms with Crippen LogP contribution in [0.2, 0.25) is 0 Å². The molecule has 0 bridgehead atoms. The Hall–Kier alpha value is -0.420. The summed E-state index contributed by atoms with van der Waals surface area (Å²) in [5.41, 5.74) is 2.03. The number of nitrogens with one attached hydrogen (secondary N) is 2. The molecule has 2 amide bonds. The maximum atomic E-state index is 10.7. The van der Waals surface area contributed by atoms with Gasteiger partial charge in [-0.15, -0.1) is 0 Å². The maximum absolute atomic E-state index is 10.7. The number of urea groups is 1. The summed E-state index contributed by atoms with van der Waals surface area (Å²) >= 11 is 1.87. The fraction of sp³-hybridized carbons (Fsp3) is 0.857. The van der Waals surface area contributed by atoms with Gasteiger partial charge in [0.1, 0.15) is 0 Å². The van der Waals surface area contributed by atoms with Gasteiger partial charge in [0.2, 0.25) is 0 Å². The van der Waals surface area contributed by atoms with E-state index in [2.05, 4.69) is 12.2 Å². The van der Waals surface area contributed by atoms with Gasteiger partial charge in [0, 0.05) is 6.04 Å². The normalized spacial score (nSPS) is 12.2. The molecule has 0 aliphatic heterocycles. The van der Waals surface area contributed by atoms with Crippen LogP contribution in [0.4, 0.5) is 4.79 Å². The van der Waals surface area contributed by atoms with Crippen LogP contribution in [0.5, 0.6) is 0 Å². The Bertz CT molecular complexity index is 132. The summed E-state index contributed by atoms with van der Waals surface area (Å²) in [6.07, 6.45) is 0.978. The lowest BCUT2D eigenvalue weighted by molar-refractivity contribution is 0.238. The lowest BCUT2D eigenvalue weighted by Gasteiger charge is -2.12. The third-order valence-electron chi connectivity index (χ3n) is 1.41. The fourth-order valence-electron chi connectivity index (χ4n) is 0.742. The molecule has 0 aromatic heterocycles. The van der Waals surface area contributed by atoms with Crippen LogP contribution in [0.15, 0.2) is 0 Å². The predicted molar refractivity (Wildman–Crippen MR) is 52.9 cm³/mol. The number of hydrogen-bond acceptors (Lipinski definition) is 3. The summed E-state index contributed by atoms with van der Waals surface area (Å²) in [6, 6.07) is -0.128. The van der Waals surface area contributed by atoms with Crippen molar-refractivity contribution in [3.8, 4) is 0 Å². The minimum absolute atomic E-state index is 0.188. The molecule has 0 aliphatic rings. The Labute approximate surface area is 77.6 Å². The number of nitrogens with two attached hydrogens (primary N) is 1. The van der Waals surface area contributed by atoms with E-state index >= 15 is 0 Å². The molecule has 1 atom stereocenters. The first kappa shape index (κ1) is 11.6. The van der Waals surface area contributed by atoms with Gasteiger partial charge in [0.05, 0.1) is 0 Å². The van der Waals surface area contributed by atoms with Gasteiger partial charge in [0.15, 0.2) is 0 Å². The maximum Gasteiger partial charge on any atom is 0.329 e. The van der Waals surface area contributed by atoms with Gasteiger partial charge in [-0.1, -0.05) is 6.92 Å². The number of carbonyl (C=O) groups excluding carboxylic acids is 1. The number of carbonyl (C=O) groups is 1. The highest BCUT2D eigenvalue weighted by Crippen LogP contribution is 2.03. The topological polar surface area (TPSA) is 67.2 Å². The van der Waals surface area contributed by atoms with Crippen LogP contribution in [0, 0.1) is 0 Å². The second kappa shape index (κ2) is 7.24. The second-order valence-corrected chi connectivity index (χ2v) is 3.90. The molecule has 0 saturated heterocycles. The number of hydrazine groups is 1. The average Bonchev–Trinajstić information content (AvgIpc) is 2.05. The van der Waals surface area contributed by atoms with E-state index in [1.807, 2.05) is 24.1 Å². The van der Waals surface area contributed by atoms with Crippen LogP contribution < -0.4 is 16.6 Å². The second-order valence-electron chi connectivity index (χ2n) is 2.50. The molecule has 4 nitrogen and oxygen atoms in total. The molecule has 4 N–H and O–H groups in total. The van der Waals surface area contributed by atoms with E-state index in [0.717, 1.165) is 17.9 Å². The molecule has 0 rings (SSSR count). The van der Waals surface area contributed by atoms with Crippen LogP contribution in [0.25, 0.3) is 0 Å². The highest BCUT2D eigenvalue weighted by atomic mass is 32.2. The van der Waals surface area contributed by atoms with Gasteiger partial charge in [0.25, 0.3) is 0 Å². The standard InChI is InChI=1S/C7H17N3OS/c1-3-12-5-4-6(2)9-7(11)10-8/h6H,3-5,8H2,1-2H3,(H2,9,10,11). The van der Waals surface area contributed by atoms with Crippen molar-refractivity contribution in [2.45, 2.75) is 26.3 Å². The number of thioether (sulfide) groups is 1. The molecule has 0 radical (unpaired) electrons. The largest absolute Gasteiger partial charge is 0.335 e. The van der Waals surface area contributed by atoms with Gasteiger partial charge < -0.3 is 5.32 Å². The van der Waals surface area contributed by atoms with E-state index in [4.69, 9.17) is 5.84 Å². The van der Waals surface area contributed by atoms with E-state index in [1.54, 1.807) is 0 Å². The first-order valence-electron chi connectivity index (χ1n) is 4.05. The van der Waals surface area contributed by atoms with E-state index in [-0.39, 0.29) is 12.1 Å². The Morgan fingerprint density at radius 2 is 2.33 bits per heavy atom. The van der Waals surface area contributed by atoms with Crippen LogP contribution in [0.3, 0.4) is 0 Å². The monoisotopic (exact) mass is 191 g/mol. The minimum atomic E-state index is -0.316. The molecular weight excluding hydrogens is 174 g/mol. The zero-order valence-corrected chi connectivity index (χ0v) is 8.41. The molecule has 0 aromatic rings. The van der Waals surface area contributed by atoms with Crippen LogP contribution in [-0.2, 0) is 0 Å². The molecule has 0 aromatic carbocycles. The van der Waals surface area contributed by atoms with Crippen LogP contribution >= 0.6 is 11.8 Å². The highest BCUT2D eigenvalue weighted by Gasteiger charge is 2.03. The van der Waals surface area contributed by atoms with E-state index in [0.29, 0.717) is 0 Å². The first-order valence-corrected chi connectivity index (χ1v) is 5.21. The van der Waals surface area contributed by atoms with Crippen LogP contribution in [0.1, 0.15) is 20.3 Å². The zero-order chi connectivity index (χ0) is 9.40. The molecule has 5 heteroatoms. The number of amides is 2. The molecule has 72 valence electrons. The van der Waals surface area contributed by atoms with Crippen molar-refractivity contribution in [2.24, 2.45) is 5.84 Å². The lowest BCUT2D eigenvalue weighted by Crippen LogP contribution is -2.44. The fourth-order valence-corrected chi connectivity index (χ4v) is 1.55. The summed E-state index contributed by atoms with van der Waals surface area (Å²) in [7, 11) is 0. The third kappa shape index (κ3) is 6.30. The SMILES string of the molecule is CCSCCC(C)NC(=O)NN. The quantitative estimate of drug-likeness (QED) is 0.259. The van der Waals surface area contributed by atoms with Crippen molar-refractivity contribution >= 4 is 17.8 Å². The van der Waals surface area contributed by atoms with Gasteiger partial charge in [-0.25, -0.2) is 10.6 Å². The van der Waals surface area contributed by atoms with Gasteiger partial charge in [-0.05, 0) is 24.9 Å². The Kier molecular flexibility index (Phi) is 6.99. The summed E-state index contributed by atoms with van der Waals surface area (Å²) in [5.74, 6) is 7.10. The predicted octanol–water partition coefficient (Wildman–Crippen LogP) is 0.691. The first-order chi connectivity index (χ1) is 5.70. The summed E-state index contributed by atoms with van der Waals surface area (Å²) in [6.45, 7) is 4.08. The van der Waals surface area contributed by atoms with Gasteiger partial charge in [-0.2, -0.15) is 11.8 Å². The molecule has 0 fully saturated rings. The molecule has 0 spiro atoms. The molecule has 0 heterocycles. The van der Waals surface area contributed by atoms with E-state index in [1.165, 1.54) is 0 Å². The molecular formula is C7H17N3OS.